The van der Waals surface area contributed by atoms with E-state index in [2.05, 4.69) is 15.9 Å². The molecule has 1 heterocycles. The summed E-state index contributed by atoms with van der Waals surface area (Å²) in [5, 5.41) is 8.08. The van der Waals surface area contributed by atoms with E-state index in [1.54, 1.807) is 6.26 Å². The maximum atomic E-state index is 7.11. The summed E-state index contributed by atoms with van der Waals surface area (Å²) in [7, 11) is 0. The summed E-state index contributed by atoms with van der Waals surface area (Å²) >= 11 is 3.37. The zero-order valence-corrected chi connectivity index (χ0v) is 7.76. The lowest BCUT2D eigenvalue weighted by molar-refractivity contribution is 0.613. The number of nitrogens with one attached hydrogen (secondary N) is 1. The van der Waals surface area contributed by atoms with E-state index in [1.807, 2.05) is 18.2 Å². The number of para-hydroxylation sites is 1. The Morgan fingerprint density at radius 1 is 1.42 bits per heavy atom. The Labute approximate surface area is 77.8 Å². The Hall–Kier alpha value is -1.09. The minimum Gasteiger partial charge on any atom is -0.462 e. The molecule has 1 aromatic heterocycles. The number of halogens is 1. The molecule has 0 aliphatic rings. The third kappa shape index (κ3) is 0.975. The largest absolute Gasteiger partial charge is 0.462 e. The molecule has 1 aromatic carbocycles. The quantitative estimate of drug-likeness (QED) is 0.742. The van der Waals surface area contributed by atoms with E-state index < -0.39 is 0 Å². The first-order chi connectivity index (χ1) is 5.83. The van der Waals surface area contributed by atoms with Crippen molar-refractivity contribution in [1.29, 1.82) is 5.41 Å². The van der Waals surface area contributed by atoms with Crippen molar-refractivity contribution in [2.24, 2.45) is 0 Å². The predicted octanol–water partition coefficient (Wildman–Crippen LogP) is 3.19. The molecule has 0 spiro atoms. The highest BCUT2D eigenvalue weighted by molar-refractivity contribution is 9.10. The van der Waals surface area contributed by atoms with Crippen molar-refractivity contribution in [2.75, 3.05) is 0 Å². The molecule has 3 heteroatoms. The fourth-order valence-electron chi connectivity index (χ4n) is 1.15. The molecule has 0 aliphatic heterocycles. The molecule has 0 saturated heterocycles. The maximum Gasteiger partial charge on any atom is 0.148 e. The van der Waals surface area contributed by atoms with Gasteiger partial charge in [0.2, 0.25) is 0 Å². The Kier molecular flexibility index (Phi) is 1.73. The number of hydrogen-bond donors (Lipinski definition) is 1. The lowest BCUT2D eigenvalue weighted by Gasteiger charge is -1.90. The molecule has 0 unspecified atom stereocenters. The van der Waals surface area contributed by atoms with E-state index >= 15 is 0 Å². The molecule has 0 saturated carbocycles. The second kappa shape index (κ2) is 2.75. The standard InChI is InChI=1S/C9H6BrNO/c10-8-3-1-2-7-6(4-11)5-12-9(7)8/h1-5,11H. The van der Waals surface area contributed by atoms with Crippen molar-refractivity contribution in [3.05, 3.63) is 34.5 Å². The number of rotatable bonds is 1. The van der Waals surface area contributed by atoms with E-state index in [1.165, 1.54) is 6.21 Å². The highest BCUT2D eigenvalue weighted by Gasteiger charge is 2.05. The van der Waals surface area contributed by atoms with Gasteiger partial charge in [0.1, 0.15) is 11.8 Å². The smallest absolute Gasteiger partial charge is 0.148 e. The van der Waals surface area contributed by atoms with Gasteiger partial charge in [-0.1, -0.05) is 12.1 Å². The van der Waals surface area contributed by atoms with Crippen LogP contribution in [0.5, 0.6) is 0 Å². The van der Waals surface area contributed by atoms with E-state index in [-0.39, 0.29) is 0 Å². The average molecular weight is 224 g/mol. The Bertz CT molecular complexity index is 433. The minimum atomic E-state index is 0.802. The zero-order chi connectivity index (χ0) is 8.55. The molecular weight excluding hydrogens is 218 g/mol. The normalized spacial score (nSPS) is 10.4. The third-order valence-electron chi connectivity index (χ3n) is 1.74. The van der Waals surface area contributed by atoms with Crippen LogP contribution in [0.4, 0.5) is 0 Å². The summed E-state index contributed by atoms with van der Waals surface area (Å²) in [6.45, 7) is 0. The fourth-order valence-corrected chi connectivity index (χ4v) is 1.61. The summed E-state index contributed by atoms with van der Waals surface area (Å²) in [4.78, 5) is 0. The molecule has 2 nitrogen and oxygen atoms in total. The van der Waals surface area contributed by atoms with Crippen LogP contribution in [0.1, 0.15) is 5.56 Å². The summed E-state index contributed by atoms with van der Waals surface area (Å²) in [6, 6.07) is 5.78. The zero-order valence-electron chi connectivity index (χ0n) is 6.17. The molecule has 60 valence electrons. The van der Waals surface area contributed by atoms with Crippen LogP contribution in [-0.4, -0.2) is 6.21 Å². The summed E-state index contributed by atoms with van der Waals surface area (Å²) in [5.74, 6) is 0. The molecule has 0 bridgehead atoms. The molecule has 0 radical (unpaired) electrons. The second-order valence-electron chi connectivity index (χ2n) is 2.45. The molecule has 2 aromatic rings. The maximum absolute atomic E-state index is 7.11. The molecule has 0 fully saturated rings. The van der Waals surface area contributed by atoms with Gasteiger partial charge in [-0.2, -0.15) is 0 Å². The van der Waals surface area contributed by atoms with E-state index in [4.69, 9.17) is 9.83 Å². The van der Waals surface area contributed by atoms with Gasteiger partial charge in [0.25, 0.3) is 0 Å². The molecule has 0 aliphatic carbocycles. The Morgan fingerprint density at radius 2 is 2.25 bits per heavy atom. The van der Waals surface area contributed by atoms with Gasteiger partial charge in [0.15, 0.2) is 0 Å². The Morgan fingerprint density at radius 3 is 3.00 bits per heavy atom. The van der Waals surface area contributed by atoms with Gasteiger partial charge in [0.05, 0.1) is 4.47 Å². The van der Waals surface area contributed by atoms with Crippen molar-refractivity contribution in [3.63, 3.8) is 0 Å². The van der Waals surface area contributed by atoms with Crippen molar-refractivity contribution in [2.45, 2.75) is 0 Å². The van der Waals surface area contributed by atoms with Crippen LogP contribution in [0.3, 0.4) is 0 Å². The third-order valence-corrected chi connectivity index (χ3v) is 2.36. The van der Waals surface area contributed by atoms with Crippen LogP contribution in [0.25, 0.3) is 11.0 Å². The fraction of sp³-hybridized carbons (Fsp3) is 0. The number of fused-ring (bicyclic) bond motifs is 1. The lowest BCUT2D eigenvalue weighted by atomic mass is 10.2. The molecule has 1 N–H and O–H groups in total. The Balaban J connectivity index is 2.88. The van der Waals surface area contributed by atoms with Crippen LogP contribution in [0, 0.1) is 5.41 Å². The first-order valence-electron chi connectivity index (χ1n) is 3.49. The first kappa shape index (κ1) is 7.55. The van der Waals surface area contributed by atoms with Gasteiger partial charge in [-0.25, -0.2) is 0 Å². The number of furan rings is 1. The molecule has 0 atom stereocenters. The van der Waals surface area contributed by atoms with Gasteiger partial charge >= 0.3 is 0 Å². The van der Waals surface area contributed by atoms with Crippen molar-refractivity contribution in [1.82, 2.24) is 0 Å². The molecular formula is C9H6BrNO. The number of benzene rings is 1. The van der Waals surface area contributed by atoms with Gasteiger partial charge in [-0.05, 0) is 22.0 Å². The van der Waals surface area contributed by atoms with Crippen LogP contribution in [-0.2, 0) is 0 Å². The van der Waals surface area contributed by atoms with Crippen LogP contribution in [0.15, 0.2) is 33.4 Å². The van der Waals surface area contributed by atoms with Crippen LogP contribution < -0.4 is 0 Å². The summed E-state index contributed by atoms with van der Waals surface area (Å²) in [6.07, 6.45) is 2.88. The van der Waals surface area contributed by atoms with E-state index in [0.29, 0.717) is 0 Å². The summed E-state index contributed by atoms with van der Waals surface area (Å²) < 4.78 is 6.20. The van der Waals surface area contributed by atoms with Gasteiger partial charge < -0.3 is 9.83 Å². The lowest BCUT2D eigenvalue weighted by Crippen LogP contribution is -1.73. The van der Waals surface area contributed by atoms with E-state index in [0.717, 1.165) is 21.0 Å². The van der Waals surface area contributed by atoms with Crippen LogP contribution in [0.2, 0.25) is 0 Å². The summed E-state index contributed by atoms with van der Waals surface area (Å²) in [5.41, 5.74) is 1.61. The van der Waals surface area contributed by atoms with Crippen molar-refractivity contribution in [3.8, 4) is 0 Å². The second-order valence-corrected chi connectivity index (χ2v) is 3.31. The van der Waals surface area contributed by atoms with Crippen LogP contribution >= 0.6 is 15.9 Å². The minimum absolute atomic E-state index is 0.802. The molecule has 2 rings (SSSR count). The molecule has 0 amide bonds. The van der Waals surface area contributed by atoms with Crippen molar-refractivity contribution >= 4 is 33.1 Å². The van der Waals surface area contributed by atoms with E-state index in [9.17, 15) is 0 Å². The average Bonchev–Trinajstić information content (AvgIpc) is 2.49. The SMILES string of the molecule is N=Cc1coc2c(Br)cccc12. The molecule has 12 heavy (non-hydrogen) atoms. The van der Waals surface area contributed by atoms with Gasteiger partial charge in [-0.15, -0.1) is 0 Å². The highest BCUT2D eigenvalue weighted by Crippen LogP contribution is 2.26. The topological polar surface area (TPSA) is 37.0 Å². The van der Waals surface area contributed by atoms with Crippen molar-refractivity contribution < 1.29 is 4.42 Å². The van der Waals surface area contributed by atoms with Gasteiger partial charge in [0, 0.05) is 17.2 Å². The highest BCUT2D eigenvalue weighted by atomic mass is 79.9. The number of hydrogen-bond acceptors (Lipinski definition) is 2. The monoisotopic (exact) mass is 223 g/mol. The first-order valence-corrected chi connectivity index (χ1v) is 4.28. The predicted molar refractivity (Wildman–Crippen MR) is 51.8 cm³/mol. The van der Waals surface area contributed by atoms with Gasteiger partial charge in [-0.3, -0.25) is 0 Å².